The van der Waals surface area contributed by atoms with E-state index in [4.69, 9.17) is 5.11 Å². The van der Waals surface area contributed by atoms with Gasteiger partial charge in [0.1, 0.15) is 0 Å². The van der Waals surface area contributed by atoms with Crippen LogP contribution < -0.4 is 0 Å². The molecular formula is C11H13FN2O5S. The van der Waals surface area contributed by atoms with E-state index in [1.807, 2.05) is 0 Å². The molecular weight excluding hydrogens is 291 g/mol. The molecule has 1 aliphatic heterocycles. The summed E-state index contributed by atoms with van der Waals surface area (Å²) in [5, 5.41) is 20.1. The topological polar surface area (TPSA) is 101 Å². The molecule has 1 heterocycles. The quantitative estimate of drug-likeness (QED) is 0.657. The summed E-state index contributed by atoms with van der Waals surface area (Å²) in [7, 11) is -4.21. The highest BCUT2D eigenvalue weighted by Gasteiger charge is 2.39. The number of hydrogen-bond donors (Lipinski definition) is 1. The van der Waals surface area contributed by atoms with Crippen LogP contribution in [0.15, 0.2) is 23.1 Å². The van der Waals surface area contributed by atoms with Crippen LogP contribution in [-0.2, 0) is 10.0 Å². The summed E-state index contributed by atoms with van der Waals surface area (Å²) in [5.74, 6) is -1.20. The smallest absolute Gasteiger partial charge is 0.324 e. The van der Waals surface area contributed by atoms with Gasteiger partial charge in [-0.2, -0.15) is 8.70 Å². The lowest BCUT2D eigenvalue weighted by Gasteiger charge is -2.22. The zero-order valence-electron chi connectivity index (χ0n) is 10.4. The largest absolute Gasteiger partial charge is 0.395 e. The molecule has 1 aromatic rings. The van der Waals surface area contributed by atoms with Crippen LogP contribution in [0.4, 0.5) is 10.1 Å². The minimum Gasteiger partial charge on any atom is -0.395 e. The number of rotatable bonds is 4. The van der Waals surface area contributed by atoms with Gasteiger partial charge in [-0.05, 0) is 25.0 Å². The Hall–Kier alpha value is -1.58. The predicted molar refractivity (Wildman–Crippen MR) is 67.1 cm³/mol. The van der Waals surface area contributed by atoms with Crippen LogP contribution in [0.3, 0.4) is 0 Å². The van der Waals surface area contributed by atoms with Crippen molar-refractivity contribution in [3.63, 3.8) is 0 Å². The summed E-state index contributed by atoms with van der Waals surface area (Å²) < 4.78 is 39.4. The number of nitrogens with zero attached hydrogens (tertiary/aromatic N) is 2. The van der Waals surface area contributed by atoms with Crippen molar-refractivity contribution >= 4 is 15.7 Å². The fraction of sp³-hybridized carbons (Fsp3) is 0.455. The summed E-state index contributed by atoms with van der Waals surface area (Å²) in [5.41, 5.74) is -1.06. The Morgan fingerprint density at radius 3 is 2.80 bits per heavy atom. The lowest BCUT2D eigenvalue weighted by Crippen LogP contribution is -2.37. The third-order valence-corrected chi connectivity index (χ3v) is 5.24. The fourth-order valence-electron chi connectivity index (χ4n) is 2.32. The average molecular weight is 304 g/mol. The van der Waals surface area contributed by atoms with Gasteiger partial charge in [-0.1, -0.05) is 6.07 Å². The number of aliphatic hydroxyl groups excluding tert-OH is 1. The van der Waals surface area contributed by atoms with E-state index in [1.54, 1.807) is 0 Å². The standard InChI is InChI=1S/C11H13FN2O5S/c12-9-4-1-5-10(11(9)14(16)17)20(18,19)13-6-2-3-8(13)7-15/h1,4-5,8,15H,2-3,6-7H2. The van der Waals surface area contributed by atoms with Gasteiger partial charge < -0.3 is 5.11 Å². The van der Waals surface area contributed by atoms with Gasteiger partial charge in [-0.3, -0.25) is 10.1 Å². The number of benzene rings is 1. The normalized spacial score (nSPS) is 20.2. The molecule has 0 spiro atoms. The number of sulfonamides is 1. The van der Waals surface area contributed by atoms with Crippen LogP contribution >= 0.6 is 0 Å². The van der Waals surface area contributed by atoms with E-state index < -0.39 is 37.4 Å². The Labute approximate surface area is 114 Å². The first-order valence-electron chi connectivity index (χ1n) is 5.95. The first-order chi connectivity index (χ1) is 9.39. The highest BCUT2D eigenvalue weighted by atomic mass is 32.2. The maximum absolute atomic E-state index is 13.5. The zero-order valence-corrected chi connectivity index (χ0v) is 11.2. The summed E-state index contributed by atoms with van der Waals surface area (Å²) in [6, 6.07) is 2.33. The summed E-state index contributed by atoms with van der Waals surface area (Å²) in [6.45, 7) is -0.219. The van der Waals surface area contributed by atoms with Crippen molar-refractivity contribution in [2.75, 3.05) is 13.2 Å². The second-order valence-electron chi connectivity index (χ2n) is 4.44. The van der Waals surface area contributed by atoms with Crippen molar-refractivity contribution in [3.8, 4) is 0 Å². The van der Waals surface area contributed by atoms with Gasteiger partial charge >= 0.3 is 5.69 Å². The maximum Gasteiger partial charge on any atom is 0.324 e. The maximum atomic E-state index is 13.5. The van der Waals surface area contributed by atoms with Gasteiger partial charge in [0.15, 0.2) is 4.90 Å². The molecule has 0 amide bonds. The van der Waals surface area contributed by atoms with Crippen LogP contribution in [0, 0.1) is 15.9 Å². The Bertz CT molecular complexity index is 634. The van der Waals surface area contributed by atoms with Crippen LogP contribution in [0.5, 0.6) is 0 Å². The highest BCUT2D eigenvalue weighted by Crippen LogP contribution is 2.32. The Kier molecular flexibility index (Phi) is 4.02. The fourth-order valence-corrected chi connectivity index (χ4v) is 4.17. The van der Waals surface area contributed by atoms with Crippen LogP contribution in [0.25, 0.3) is 0 Å². The van der Waals surface area contributed by atoms with Gasteiger partial charge in [0, 0.05) is 12.6 Å². The first-order valence-corrected chi connectivity index (χ1v) is 7.39. The van der Waals surface area contributed by atoms with E-state index in [9.17, 15) is 22.9 Å². The molecule has 1 unspecified atom stereocenters. The molecule has 1 aromatic carbocycles. The number of nitro benzene ring substituents is 1. The van der Waals surface area contributed by atoms with Crippen molar-refractivity contribution in [1.82, 2.24) is 4.31 Å². The molecule has 0 aliphatic carbocycles. The molecule has 0 saturated carbocycles. The van der Waals surface area contributed by atoms with E-state index in [-0.39, 0.29) is 13.2 Å². The van der Waals surface area contributed by atoms with Gasteiger partial charge in [0.2, 0.25) is 15.8 Å². The third-order valence-electron chi connectivity index (χ3n) is 3.25. The average Bonchev–Trinajstić information content (AvgIpc) is 2.86. The molecule has 110 valence electrons. The summed E-state index contributed by atoms with van der Waals surface area (Å²) in [4.78, 5) is 9.16. The minimum absolute atomic E-state index is 0.154. The molecule has 7 nitrogen and oxygen atoms in total. The van der Waals surface area contributed by atoms with Gasteiger partial charge in [-0.15, -0.1) is 0 Å². The van der Waals surface area contributed by atoms with Crippen molar-refractivity contribution in [2.45, 2.75) is 23.8 Å². The number of hydrogen-bond acceptors (Lipinski definition) is 5. The molecule has 1 saturated heterocycles. The number of nitro groups is 1. The molecule has 1 N–H and O–H groups in total. The summed E-state index contributed by atoms with van der Waals surface area (Å²) in [6.07, 6.45) is 1.02. The van der Waals surface area contributed by atoms with Crippen molar-refractivity contribution in [2.24, 2.45) is 0 Å². The molecule has 2 rings (SSSR count). The molecule has 0 bridgehead atoms. The third kappa shape index (κ3) is 2.39. The van der Waals surface area contributed by atoms with E-state index in [1.165, 1.54) is 0 Å². The minimum atomic E-state index is -4.21. The number of halogens is 1. The van der Waals surface area contributed by atoms with E-state index in [2.05, 4.69) is 0 Å². The van der Waals surface area contributed by atoms with Crippen molar-refractivity contribution in [3.05, 3.63) is 34.1 Å². The van der Waals surface area contributed by atoms with Crippen LogP contribution in [0.1, 0.15) is 12.8 Å². The van der Waals surface area contributed by atoms with Gasteiger partial charge in [-0.25, -0.2) is 8.42 Å². The van der Waals surface area contributed by atoms with E-state index in [0.717, 1.165) is 22.5 Å². The molecule has 0 radical (unpaired) electrons. The van der Waals surface area contributed by atoms with Gasteiger partial charge in [0.05, 0.1) is 11.5 Å². The van der Waals surface area contributed by atoms with Gasteiger partial charge in [0.25, 0.3) is 0 Å². The van der Waals surface area contributed by atoms with E-state index >= 15 is 0 Å². The van der Waals surface area contributed by atoms with Crippen molar-refractivity contribution in [1.29, 1.82) is 0 Å². The molecule has 1 fully saturated rings. The molecule has 20 heavy (non-hydrogen) atoms. The molecule has 1 atom stereocenters. The lowest BCUT2D eigenvalue weighted by atomic mass is 10.2. The molecule has 9 heteroatoms. The highest BCUT2D eigenvalue weighted by molar-refractivity contribution is 7.89. The molecule has 0 aromatic heterocycles. The zero-order chi connectivity index (χ0) is 14.9. The second-order valence-corrected chi connectivity index (χ2v) is 6.30. The SMILES string of the molecule is O=[N+]([O-])c1c(F)cccc1S(=O)(=O)N1CCCC1CO. The Morgan fingerprint density at radius 2 is 2.20 bits per heavy atom. The first kappa shape index (κ1) is 14.8. The van der Waals surface area contributed by atoms with Crippen molar-refractivity contribution < 1.29 is 22.8 Å². The Balaban J connectivity index is 2.55. The van der Waals surface area contributed by atoms with E-state index in [0.29, 0.717) is 12.8 Å². The second kappa shape index (κ2) is 5.43. The lowest BCUT2D eigenvalue weighted by molar-refractivity contribution is -0.390. The van der Waals surface area contributed by atoms with Crippen LogP contribution in [-0.4, -0.2) is 41.9 Å². The monoisotopic (exact) mass is 304 g/mol. The number of para-hydroxylation sites is 1. The van der Waals surface area contributed by atoms with Crippen LogP contribution in [0.2, 0.25) is 0 Å². The Morgan fingerprint density at radius 1 is 1.50 bits per heavy atom. The predicted octanol–water partition coefficient (Wildman–Crippen LogP) is 0.879. The summed E-state index contributed by atoms with van der Waals surface area (Å²) >= 11 is 0. The number of aliphatic hydroxyl groups is 1. The molecule has 1 aliphatic rings.